The van der Waals surface area contributed by atoms with Crippen LogP contribution in [0.4, 0.5) is 10.1 Å². The van der Waals surface area contributed by atoms with Crippen LogP contribution in [-0.4, -0.2) is 20.5 Å². The van der Waals surface area contributed by atoms with Crippen LogP contribution in [0.3, 0.4) is 0 Å². The van der Waals surface area contributed by atoms with Crippen LogP contribution in [0.25, 0.3) is 0 Å². The van der Waals surface area contributed by atoms with Crippen LogP contribution in [0.1, 0.15) is 0 Å². The highest BCUT2D eigenvalue weighted by Gasteiger charge is 2.18. The van der Waals surface area contributed by atoms with Crippen molar-refractivity contribution < 1.29 is 17.5 Å². The lowest BCUT2D eigenvalue weighted by molar-refractivity contribution is 0.386. The van der Waals surface area contributed by atoms with Gasteiger partial charge in [0.05, 0.1) is 17.8 Å². The molecule has 0 bridgehead atoms. The van der Waals surface area contributed by atoms with Gasteiger partial charge in [-0.25, -0.2) is 12.8 Å². The molecule has 1 aromatic heterocycles. The largest absolute Gasteiger partial charge is 0.494 e. The van der Waals surface area contributed by atoms with Gasteiger partial charge in [-0.15, -0.1) is 0 Å². The molecule has 1 heterocycles. The first kappa shape index (κ1) is 14.5. The highest BCUT2D eigenvalue weighted by molar-refractivity contribution is 7.92. The zero-order valence-electron chi connectivity index (χ0n) is 10.3. The zero-order valence-corrected chi connectivity index (χ0v) is 11.9. The fraction of sp³-hybridized carbons (Fsp3) is 0.0833. The van der Waals surface area contributed by atoms with E-state index in [-0.39, 0.29) is 21.4 Å². The van der Waals surface area contributed by atoms with E-state index in [1.165, 1.54) is 31.5 Å². The standard InChI is InChI=1S/C12H10ClFN2O3S/c1-19-11-3-2-8(6-10(11)14)16-20(17,18)12-7-15-5-4-9(12)13/h2-7,16H,1H3. The number of hydrogen-bond acceptors (Lipinski definition) is 4. The number of nitrogens with one attached hydrogen (secondary N) is 1. The van der Waals surface area contributed by atoms with Crippen LogP contribution in [0, 0.1) is 5.82 Å². The van der Waals surface area contributed by atoms with Gasteiger partial charge in [0.1, 0.15) is 4.90 Å². The lowest BCUT2D eigenvalue weighted by Gasteiger charge is -2.10. The van der Waals surface area contributed by atoms with Crippen molar-refractivity contribution in [1.29, 1.82) is 0 Å². The summed E-state index contributed by atoms with van der Waals surface area (Å²) in [6.45, 7) is 0. The summed E-state index contributed by atoms with van der Waals surface area (Å²) in [5.74, 6) is -0.655. The first-order valence-corrected chi connectivity index (χ1v) is 7.26. The number of methoxy groups -OCH3 is 1. The molecule has 20 heavy (non-hydrogen) atoms. The molecule has 0 radical (unpaired) electrons. The van der Waals surface area contributed by atoms with Crippen LogP contribution < -0.4 is 9.46 Å². The molecule has 8 heteroatoms. The van der Waals surface area contributed by atoms with Crippen LogP contribution in [-0.2, 0) is 10.0 Å². The summed E-state index contributed by atoms with van der Waals surface area (Å²) in [5, 5.41) is 0.0292. The van der Waals surface area contributed by atoms with Crippen molar-refractivity contribution >= 4 is 27.3 Å². The average molecular weight is 317 g/mol. The summed E-state index contributed by atoms with van der Waals surface area (Å²) < 4.78 is 44.7. The fourth-order valence-electron chi connectivity index (χ4n) is 1.50. The van der Waals surface area contributed by atoms with E-state index in [0.717, 1.165) is 12.3 Å². The molecule has 0 aliphatic carbocycles. The molecule has 0 spiro atoms. The topological polar surface area (TPSA) is 68.3 Å². The number of halogens is 2. The van der Waals surface area contributed by atoms with E-state index >= 15 is 0 Å². The summed E-state index contributed by atoms with van der Waals surface area (Å²) in [4.78, 5) is 3.52. The summed E-state index contributed by atoms with van der Waals surface area (Å²) in [5.41, 5.74) is 0.0585. The lowest BCUT2D eigenvalue weighted by atomic mass is 10.3. The molecule has 0 saturated carbocycles. The third-order valence-electron chi connectivity index (χ3n) is 2.43. The Kier molecular flexibility index (Phi) is 4.10. The average Bonchev–Trinajstić information content (AvgIpc) is 2.38. The second-order valence-electron chi connectivity index (χ2n) is 3.76. The summed E-state index contributed by atoms with van der Waals surface area (Å²) >= 11 is 5.80. The van der Waals surface area contributed by atoms with E-state index < -0.39 is 15.8 Å². The molecule has 2 aromatic rings. The molecule has 0 aliphatic rings. The number of sulfonamides is 1. The maximum atomic E-state index is 13.5. The Labute approximate surface area is 120 Å². The van der Waals surface area contributed by atoms with Crippen molar-refractivity contribution in [3.05, 3.63) is 47.5 Å². The summed E-state index contributed by atoms with van der Waals surface area (Å²) in [7, 11) is -2.62. The predicted octanol–water partition coefficient (Wildman–Crippen LogP) is 2.68. The van der Waals surface area contributed by atoms with Crippen LogP contribution in [0.2, 0.25) is 5.02 Å². The molecule has 2 rings (SSSR count). The Morgan fingerprint density at radius 1 is 1.35 bits per heavy atom. The van der Waals surface area contributed by atoms with E-state index in [1.54, 1.807) is 0 Å². The van der Waals surface area contributed by atoms with E-state index in [1.807, 2.05) is 0 Å². The van der Waals surface area contributed by atoms with Gasteiger partial charge in [-0.05, 0) is 18.2 Å². The first-order valence-electron chi connectivity index (χ1n) is 5.40. The second kappa shape index (κ2) is 5.64. The number of nitrogens with zero attached hydrogens (tertiary/aromatic N) is 1. The Hall–Kier alpha value is -1.86. The molecule has 5 nitrogen and oxygen atoms in total. The lowest BCUT2D eigenvalue weighted by Crippen LogP contribution is -2.14. The van der Waals surface area contributed by atoms with Gasteiger partial charge < -0.3 is 4.74 Å². The second-order valence-corrected chi connectivity index (χ2v) is 5.82. The number of pyridine rings is 1. The Morgan fingerprint density at radius 3 is 2.70 bits per heavy atom. The maximum absolute atomic E-state index is 13.5. The number of rotatable bonds is 4. The normalized spacial score (nSPS) is 11.2. The third-order valence-corrected chi connectivity index (χ3v) is 4.28. The minimum Gasteiger partial charge on any atom is -0.494 e. The molecule has 1 aromatic carbocycles. The SMILES string of the molecule is COc1ccc(NS(=O)(=O)c2cnccc2Cl)cc1F. The van der Waals surface area contributed by atoms with Gasteiger partial charge >= 0.3 is 0 Å². The highest BCUT2D eigenvalue weighted by atomic mass is 35.5. The molecular weight excluding hydrogens is 307 g/mol. The van der Waals surface area contributed by atoms with Crippen LogP contribution in [0.5, 0.6) is 5.75 Å². The number of anilines is 1. The molecular formula is C12H10ClFN2O3S. The molecule has 1 N–H and O–H groups in total. The molecule has 106 valence electrons. The van der Waals surface area contributed by atoms with Gasteiger partial charge in [0, 0.05) is 18.5 Å². The fourth-order valence-corrected chi connectivity index (χ4v) is 2.98. The van der Waals surface area contributed by atoms with Crippen molar-refractivity contribution in [2.45, 2.75) is 4.90 Å². The number of aromatic nitrogens is 1. The predicted molar refractivity (Wildman–Crippen MR) is 73.0 cm³/mol. The maximum Gasteiger partial charge on any atom is 0.264 e. The summed E-state index contributed by atoms with van der Waals surface area (Å²) in [6, 6.07) is 5.06. The van der Waals surface area contributed by atoms with Gasteiger partial charge in [0.2, 0.25) is 0 Å². The Morgan fingerprint density at radius 2 is 2.10 bits per heavy atom. The van der Waals surface area contributed by atoms with E-state index in [2.05, 4.69) is 9.71 Å². The third kappa shape index (κ3) is 3.00. The Balaban J connectivity index is 2.34. The van der Waals surface area contributed by atoms with Crippen molar-refractivity contribution in [2.75, 3.05) is 11.8 Å². The molecule has 0 saturated heterocycles. The zero-order chi connectivity index (χ0) is 14.8. The van der Waals surface area contributed by atoms with Gasteiger partial charge in [0.25, 0.3) is 10.0 Å². The summed E-state index contributed by atoms with van der Waals surface area (Å²) in [6.07, 6.45) is 2.49. The van der Waals surface area contributed by atoms with E-state index in [9.17, 15) is 12.8 Å². The first-order chi connectivity index (χ1) is 9.44. The van der Waals surface area contributed by atoms with Gasteiger partial charge in [-0.2, -0.15) is 0 Å². The number of ether oxygens (including phenoxy) is 1. The molecule has 0 aliphatic heterocycles. The quantitative estimate of drug-likeness (QED) is 0.941. The number of benzene rings is 1. The van der Waals surface area contributed by atoms with Crippen molar-refractivity contribution in [3.63, 3.8) is 0 Å². The highest BCUT2D eigenvalue weighted by Crippen LogP contribution is 2.25. The number of hydrogen-bond donors (Lipinski definition) is 1. The van der Waals surface area contributed by atoms with Crippen molar-refractivity contribution in [1.82, 2.24) is 4.98 Å². The van der Waals surface area contributed by atoms with Gasteiger partial charge in [-0.1, -0.05) is 11.6 Å². The van der Waals surface area contributed by atoms with Crippen molar-refractivity contribution in [3.8, 4) is 5.75 Å². The molecule has 0 unspecified atom stereocenters. The molecule has 0 atom stereocenters. The molecule has 0 amide bonds. The minimum atomic E-state index is -3.93. The van der Waals surface area contributed by atoms with Crippen molar-refractivity contribution in [2.24, 2.45) is 0 Å². The van der Waals surface area contributed by atoms with E-state index in [0.29, 0.717) is 0 Å². The van der Waals surface area contributed by atoms with Gasteiger partial charge in [-0.3, -0.25) is 9.71 Å². The van der Waals surface area contributed by atoms with Gasteiger partial charge in [0.15, 0.2) is 11.6 Å². The smallest absolute Gasteiger partial charge is 0.264 e. The van der Waals surface area contributed by atoms with E-state index in [4.69, 9.17) is 16.3 Å². The monoisotopic (exact) mass is 316 g/mol. The minimum absolute atomic E-state index is 0.0207. The van der Waals surface area contributed by atoms with Crippen LogP contribution >= 0.6 is 11.6 Å². The Bertz CT molecular complexity index is 737. The molecule has 0 fully saturated rings. The van der Waals surface area contributed by atoms with Crippen LogP contribution in [0.15, 0.2) is 41.6 Å².